The quantitative estimate of drug-likeness (QED) is 0.746. The molecule has 2 heteroatoms. The van der Waals surface area contributed by atoms with Crippen LogP contribution >= 0.6 is 0 Å². The van der Waals surface area contributed by atoms with Gasteiger partial charge in [-0.3, -0.25) is 0 Å². The van der Waals surface area contributed by atoms with E-state index in [9.17, 15) is 0 Å². The molecule has 2 nitrogen and oxygen atoms in total. The van der Waals surface area contributed by atoms with Gasteiger partial charge in [0.25, 0.3) is 0 Å². The van der Waals surface area contributed by atoms with Crippen LogP contribution in [-0.2, 0) is 7.05 Å². The van der Waals surface area contributed by atoms with Crippen molar-refractivity contribution in [1.29, 1.82) is 0 Å². The summed E-state index contributed by atoms with van der Waals surface area (Å²) in [4.78, 5) is 4.72. The number of rotatable bonds is 2. The molecule has 0 N–H and O–H groups in total. The molecule has 1 aromatic carbocycles. The molecule has 16 heavy (non-hydrogen) atoms. The number of imidazole rings is 1. The van der Waals surface area contributed by atoms with E-state index >= 15 is 0 Å². The van der Waals surface area contributed by atoms with Crippen LogP contribution in [-0.4, -0.2) is 9.55 Å². The van der Waals surface area contributed by atoms with Crippen molar-refractivity contribution in [3.05, 3.63) is 29.6 Å². The van der Waals surface area contributed by atoms with E-state index in [1.165, 1.54) is 11.1 Å². The lowest BCUT2D eigenvalue weighted by Crippen LogP contribution is -1.99. The highest BCUT2D eigenvalue weighted by atomic mass is 15.1. The van der Waals surface area contributed by atoms with E-state index in [4.69, 9.17) is 4.98 Å². The molecular formula is C14H20N2. The van der Waals surface area contributed by atoms with E-state index in [1.807, 2.05) is 0 Å². The molecule has 86 valence electrons. The minimum atomic E-state index is 0.472. The number of hydrogen-bond donors (Lipinski definition) is 0. The van der Waals surface area contributed by atoms with Gasteiger partial charge in [-0.25, -0.2) is 4.98 Å². The van der Waals surface area contributed by atoms with Crippen LogP contribution < -0.4 is 0 Å². The summed E-state index contributed by atoms with van der Waals surface area (Å²) in [6, 6.07) is 6.61. The van der Waals surface area contributed by atoms with Crippen molar-refractivity contribution in [2.24, 2.45) is 7.05 Å². The van der Waals surface area contributed by atoms with Gasteiger partial charge < -0.3 is 4.57 Å². The topological polar surface area (TPSA) is 17.8 Å². The zero-order valence-corrected chi connectivity index (χ0v) is 10.8. The maximum atomic E-state index is 4.72. The standard InChI is InChI=1S/C14H20N2/c1-9(2)11-6-7-13-12(8-11)15-14(10(3)4)16(13)5/h6-10H,1-5H3. The molecule has 2 rings (SSSR count). The molecule has 2 aromatic rings. The molecule has 0 spiro atoms. The minimum absolute atomic E-state index is 0.472. The van der Waals surface area contributed by atoms with Crippen LogP contribution in [0.2, 0.25) is 0 Å². The molecule has 0 radical (unpaired) electrons. The molecule has 1 heterocycles. The van der Waals surface area contributed by atoms with Crippen molar-refractivity contribution in [2.45, 2.75) is 39.5 Å². The summed E-state index contributed by atoms with van der Waals surface area (Å²) in [7, 11) is 2.10. The zero-order chi connectivity index (χ0) is 11.9. The fraction of sp³-hybridized carbons (Fsp3) is 0.500. The molecule has 0 aliphatic heterocycles. The van der Waals surface area contributed by atoms with Gasteiger partial charge >= 0.3 is 0 Å². The fourth-order valence-corrected chi connectivity index (χ4v) is 2.11. The van der Waals surface area contributed by atoms with E-state index in [0.29, 0.717) is 11.8 Å². The monoisotopic (exact) mass is 216 g/mol. The largest absolute Gasteiger partial charge is 0.331 e. The normalized spacial score (nSPS) is 11.9. The molecule has 1 aromatic heterocycles. The second-order valence-electron chi connectivity index (χ2n) is 5.09. The summed E-state index contributed by atoms with van der Waals surface area (Å²) in [5.74, 6) is 2.20. The second kappa shape index (κ2) is 3.93. The van der Waals surface area contributed by atoms with Crippen molar-refractivity contribution < 1.29 is 0 Å². The van der Waals surface area contributed by atoms with E-state index in [0.717, 1.165) is 11.3 Å². The Morgan fingerprint density at radius 1 is 1.06 bits per heavy atom. The SMILES string of the molecule is CC(C)c1ccc2c(c1)nc(C(C)C)n2C. The van der Waals surface area contributed by atoms with Gasteiger partial charge in [0, 0.05) is 13.0 Å². The van der Waals surface area contributed by atoms with Crippen LogP contribution in [0.1, 0.15) is 50.9 Å². The van der Waals surface area contributed by atoms with Crippen molar-refractivity contribution >= 4 is 11.0 Å². The Bertz CT molecular complexity index is 507. The van der Waals surface area contributed by atoms with Gasteiger partial charge in [0.2, 0.25) is 0 Å². The van der Waals surface area contributed by atoms with Gasteiger partial charge in [0.15, 0.2) is 0 Å². The summed E-state index contributed by atoms with van der Waals surface area (Å²) in [6.07, 6.45) is 0. The van der Waals surface area contributed by atoms with E-state index in [-0.39, 0.29) is 0 Å². The summed E-state index contributed by atoms with van der Waals surface area (Å²) >= 11 is 0. The second-order valence-corrected chi connectivity index (χ2v) is 5.09. The first kappa shape index (κ1) is 11.2. The molecule has 0 aliphatic carbocycles. The fourth-order valence-electron chi connectivity index (χ4n) is 2.11. The molecule has 0 amide bonds. The Labute approximate surface area is 97.3 Å². The van der Waals surface area contributed by atoms with Gasteiger partial charge in [0.05, 0.1) is 11.0 Å². The van der Waals surface area contributed by atoms with Crippen LogP contribution in [0, 0.1) is 0 Å². The number of hydrogen-bond acceptors (Lipinski definition) is 1. The first-order chi connectivity index (χ1) is 7.50. The molecule has 0 saturated heterocycles. The Kier molecular flexibility index (Phi) is 2.75. The van der Waals surface area contributed by atoms with Crippen LogP contribution in [0.5, 0.6) is 0 Å². The highest BCUT2D eigenvalue weighted by Crippen LogP contribution is 2.24. The molecular weight excluding hydrogens is 196 g/mol. The number of aromatic nitrogens is 2. The van der Waals surface area contributed by atoms with Gasteiger partial charge in [0.1, 0.15) is 5.82 Å². The third-order valence-corrected chi connectivity index (χ3v) is 3.12. The molecule has 0 saturated carbocycles. The average molecular weight is 216 g/mol. The Hall–Kier alpha value is -1.31. The van der Waals surface area contributed by atoms with Crippen LogP contribution in [0.3, 0.4) is 0 Å². The van der Waals surface area contributed by atoms with E-state index < -0.39 is 0 Å². The van der Waals surface area contributed by atoms with Gasteiger partial charge in [-0.2, -0.15) is 0 Å². The molecule has 0 unspecified atom stereocenters. The van der Waals surface area contributed by atoms with Crippen molar-refractivity contribution in [3.63, 3.8) is 0 Å². The number of nitrogens with zero attached hydrogens (tertiary/aromatic N) is 2. The molecule has 0 bridgehead atoms. The lowest BCUT2D eigenvalue weighted by atomic mass is 10.0. The average Bonchev–Trinajstić information content (AvgIpc) is 2.55. The zero-order valence-electron chi connectivity index (χ0n) is 10.8. The van der Waals surface area contributed by atoms with Crippen molar-refractivity contribution in [1.82, 2.24) is 9.55 Å². The van der Waals surface area contributed by atoms with Crippen LogP contribution in [0.15, 0.2) is 18.2 Å². The van der Waals surface area contributed by atoms with Crippen molar-refractivity contribution in [2.75, 3.05) is 0 Å². The lowest BCUT2D eigenvalue weighted by molar-refractivity contribution is 0.722. The third-order valence-electron chi connectivity index (χ3n) is 3.12. The first-order valence-electron chi connectivity index (χ1n) is 5.97. The predicted molar refractivity (Wildman–Crippen MR) is 68.9 cm³/mol. The Morgan fingerprint density at radius 3 is 2.31 bits per heavy atom. The summed E-state index contributed by atoms with van der Waals surface area (Å²) in [5, 5.41) is 0. The smallest absolute Gasteiger partial charge is 0.112 e. The minimum Gasteiger partial charge on any atom is -0.331 e. The van der Waals surface area contributed by atoms with Crippen LogP contribution in [0.25, 0.3) is 11.0 Å². The summed E-state index contributed by atoms with van der Waals surface area (Å²) < 4.78 is 2.20. The molecule has 0 fully saturated rings. The van der Waals surface area contributed by atoms with E-state index in [2.05, 4.69) is 57.5 Å². The number of aryl methyl sites for hydroxylation is 1. The third kappa shape index (κ3) is 1.73. The van der Waals surface area contributed by atoms with Crippen molar-refractivity contribution in [3.8, 4) is 0 Å². The Balaban J connectivity index is 2.63. The maximum absolute atomic E-state index is 4.72. The summed E-state index contributed by atoms with van der Waals surface area (Å²) in [6.45, 7) is 8.80. The summed E-state index contributed by atoms with van der Waals surface area (Å²) in [5.41, 5.74) is 3.71. The molecule has 0 atom stereocenters. The maximum Gasteiger partial charge on any atom is 0.112 e. The number of fused-ring (bicyclic) bond motifs is 1. The van der Waals surface area contributed by atoms with Crippen LogP contribution in [0.4, 0.5) is 0 Å². The predicted octanol–water partition coefficient (Wildman–Crippen LogP) is 3.82. The molecule has 0 aliphatic rings. The highest BCUT2D eigenvalue weighted by molar-refractivity contribution is 5.77. The van der Waals surface area contributed by atoms with Gasteiger partial charge in [-0.15, -0.1) is 0 Å². The first-order valence-corrected chi connectivity index (χ1v) is 5.97. The lowest BCUT2D eigenvalue weighted by Gasteiger charge is -2.05. The van der Waals surface area contributed by atoms with Gasteiger partial charge in [-0.05, 0) is 23.6 Å². The van der Waals surface area contributed by atoms with Gasteiger partial charge in [-0.1, -0.05) is 33.8 Å². The Morgan fingerprint density at radius 2 is 1.75 bits per heavy atom. The van der Waals surface area contributed by atoms with E-state index in [1.54, 1.807) is 0 Å². The highest BCUT2D eigenvalue weighted by Gasteiger charge is 2.11. The number of benzene rings is 1.